The number of hydrogen-bond acceptors (Lipinski definition) is 3. The molecule has 0 aromatic heterocycles. The van der Waals surface area contributed by atoms with E-state index in [0.29, 0.717) is 18.6 Å². The maximum atomic E-state index is 5.62. The average molecular weight is 277 g/mol. The van der Waals surface area contributed by atoms with Gasteiger partial charge in [-0.25, -0.2) is 0 Å². The van der Waals surface area contributed by atoms with Crippen molar-refractivity contribution in [2.45, 2.75) is 53.1 Å². The molecule has 2 rings (SSSR count). The quantitative estimate of drug-likeness (QED) is 0.909. The van der Waals surface area contributed by atoms with E-state index in [4.69, 9.17) is 9.47 Å². The van der Waals surface area contributed by atoms with Gasteiger partial charge in [0, 0.05) is 12.1 Å². The predicted octanol–water partition coefficient (Wildman–Crippen LogP) is 3.76. The van der Waals surface area contributed by atoms with Gasteiger partial charge in [0.05, 0.1) is 0 Å². The molecular formula is C17H27NO2. The summed E-state index contributed by atoms with van der Waals surface area (Å²) in [5.74, 6) is 1.72. The summed E-state index contributed by atoms with van der Waals surface area (Å²) in [6.07, 6.45) is 1.13. The molecule has 0 saturated heterocycles. The van der Waals surface area contributed by atoms with Gasteiger partial charge in [-0.2, -0.15) is 0 Å². The summed E-state index contributed by atoms with van der Waals surface area (Å²) >= 11 is 0. The lowest BCUT2D eigenvalue weighted by Gasteiger charge is -2.33. The molecule has 112 valence electrons. The number of benzene rings is 1. The summed E-state index contributed by atoms with van der Waals surface area (Å²) < 4.78 is 11.2. The summed E-state index contributed by atoms with van der Waals surface area (Å²) in [6, 6.07) is 6.19. The fraction of sp³-hybridized carbons (Fsp3) is 0.647. The highest BCUT2D eigenvalue weighted by Gasteiger charge is 2.24. The Morgan fingerprint density at radius 1 is 1.00 bits per heavy atom. The number of hydrogen-bond donors (Lipinski definition) is 1. The third-order valence-corrected chi connectivity index (χ3v) is 3.35. The van der Waals surface area contributed by atoms with Gasteiger partial charge >= 0.3 is 0 Å². The topological polar surface area (TPSA) is 30.5 Å². The van der Waals surface area contributed by atoms with Crippen LogP contribution in [0.1, 0.15) is 46.6 Å². The molecule has 0 fully saturated rings. The molecular weight excluding hydrogens is 250 g/mol. The molecule has 1 aromatic carbocycles. The molecule has 3 heteroatoms. The first-order valence-corrected chi connectivity index (χ1v) is 7.39. The molecule has 0 bridgehead atoms. The number of fused-ring (bicyclic) bond motifs is 1. The van der Waals surface area contributed by atoms with Crippen molar-refractivity contribution < 1.29 is 9.47 Å². The van der Waals surface area contributed by atoms with Crippen LogP contribution in [0.25, 0.3) is 0 Å². The van der Waals surface area contributed by atoms with Gasteiger partial charge in [-0.15, -0.1) is 0 Å². The smallest absolute Gasteiger partial charge is 0.161 e. The molecule has 1 aliphatic heterocycles. The zero-order chi connectivity index (χ0) is 14.8. The second-order valence-corrected chi connectivity index (χ2v) is 7.45. The third kappa shape index (κ3) is 4.41. The van der Waals surface area contributed by atoms with Crippen molar-refractivity contribution >= 4 is 0 Å². The van der Waals surface area contributed by atoms with Crippen LogP contribution >= 0.6 is 0 Å². The molecule has 0 unspecified atom stereocenters. The van der Waals surface area contributed by atoms with Crippen LogP contribution in [0.4, 0.5) is 0 Å². The molecule has 0 spiro atoms. The second kappa shape index (κ2) is 5.65. The Morgan fingerprint density at radius 2 is 1.65 bits per heavy atom. The Hall–Kier alpha value is -1.22. The first-order chi connectivity index (χ1) is 9.25. The van der Waals surface area contributed by atoms with Crippen molar-refractivity contribution in [1.29, 1.82) is 0 Å². The van der Waals surface area contributed by atoms with Crippen LogP contribution in [0.3, 0.4) is 0 Å². The minimum absolute atomic E-state index is 0.117. The fourth-order valence-electron chi connectivity index (χ4n) is 2.93. The highest BCUT2D eigenvalue weighted by atomic mass is 16.6. The van der Waals surface area contributed by atoms with Crippen molar-refractivity contribution in [3.05, 3.63) is 23.8 Å². The Balaban J connectivity index is 1.97. The lowest BCUT2D eigenvalue weighted by molar-refractivity contribution is 0.171. The largest absolute Gasteiger partial charge is 0.486 e. The average Bonchev–Trinajstić information content (AvgIpc) is 2.33. The van der Waals surface area contributed by atoms with Crippen molar-refractivity contribution in [3.8, 4) is 11.5 Å². The first kappa shape index (κ1) is 15.2. The van der Waals surface area contributed by atoms with Crippen LogP contribution in [-0.4, -0.2) is 18.8 Å². The van der Waals surface area contributed by atoms with E-state index in [9.17, 15) is 0 Å². The summed E-state index contributed by atoms with van der Waals surface area (Å²) in [5.41, 5.74) is 1.67. The normalized spacial score (nSPS) is 15.2. The van der Waals surface area contributed by atoms with Gasteiger partial charge < -0.3 is 14.8 Å². The van der Waals surface area contributed by atoms with Gasteiger partial charge in [-0.3, -0.25) is 0 Å². The summed E-state index contributed by atoms with van der Waals surface area (Å²) in [6.45, 7) is 13.5. The van der Waals surface area contributed by atoms with E-state index in [1.807, 2.05) is 6.07 Å². The Labute approximate surface area is 122 Å². The van der Waals surface area contributed by atoms with E-state index in [1.165, 1.54) is 5.56 Å². The van der Waals surface area contributed by atoms with Gasteiger partial charge in [-0.1, -0.05) is 26.8 Å². The lowest BCUT2D eigenvalue weighted by atomic mass is 9.82. The summed E-state index contributed by atoms with van der Waals surface area (Å²) in [5, 5.41) is 3.64. The van der Waals surface area contributed by atoms with E-state index in [0.717, 1.165) is 24.5 Å². The highest BCUT2D eigenvalue weighted by molar-refractivity contribution is 5.43. The molecule has 3 nitrogen and oxygen atoms in total. The van der Waals surface area contributed by atoms with E-state index in [-0.39, 0.29) is 5.54 Å². The van der Waals surface area contributed by atoms with Crippen molar-refractivity contribution in [3.63, 3.8) is 0 Å². The van der Waals surface area contributed by atoms with Gasteiger partial charge in [0.25, 0.3) is 0 Å². The van der Waals surface area contributed by atoms with Gasteiger partial charge in [0.15, 0.2) is 11.5 Å². The van der Waals surface area contributed by atoms with Crippen LogP contribution < -0.4 is 14.8 Å². The monoisotopic (exact) mass is 277 g/mol. The predicted molar refractivity (Wildman–Crippen MR) is 82.4 cm³/mol. The van der Waals surface area contributed by atoms with Gasteiger partial charge in [0.1, 0.15) is 13.2 Å². The van der Waals surface area contributed by atoms with Crippen molar-refractivity contribution in [2.24, 2.45) is 5.41 Å². The Bertz CT molecular complexity index is 461. The SMILES string of the molecule is CC(C)(C)CC(C)(C)NCc1ccc2c(c1)OCCO2. The van der Waals surface area contributed by atoms with Crippen LogP contribution in [0.15, 0.2) is 18.2 Å². The zero-order valence-corrected chi connectivity index (χ0v) is 13.4. The maximum absolute atomic E-state index is 5.62. The molecule has 0 amide bonds. The van der Waals surface area contributed by atoms with E-state index < -0.39 is 0 Å². The summed E-state index contributed by atoms with van der Waals surface area (Å²) in [7, 11) is 0. The molecule has 1 aliphatic rings. The van der Waals surface area contributed by atoms with Crippen LogP contribution in [0.2, 0.25) is 0 Å². The number of nitrogens with one attached hydrogen (secondary N) is 1. The highest BCUT2D eigenvalue weighted by Crippen LogP contribution is 2.31. The minimum Gasteiger partial charge on any atom is -0.486 e. The van der Waals surface area contributed by atoms with Gasteiger partial charge in [-0.05, 0) is 43.4 Å². The first-order valence-electron chi connectivity index (χ1n) is 7.39. The van der Waals surface area contributed by atoms with E-state index in [2.05, 4.69) is 52.1 Å². The molecule has 1 N–H and O–H groups in total. The second-order valence-electron chi connectivity index (χ2n) is 7.45. The van der Waals surface area contributed by atoms with Crippen LogP contribution in [0, 0.1) is 5.41 Å². The van der Waals surface area contributed by atoms with Crippen LogP contribution in [-0.2, 0) is 6.54 Å². The van der Waals surface area contributed by atoms with Gasteiger partial charge in [0.2, 0.25) is 0 Å². The zero-order valence-electron chi connectivity index (χ0n) is 13.4. The molecule has 0 atom stereocenters. The number of rotatable bonds is 4. The lowest BCUT2D eigenvalue weighted by Crippen LogP contribution is -2.41. The molecule has 0 aliphatic carbocycles. The molecule has 0 saturated carbocycles. The minimum atomic E-state index is 0.117. The fourth-order valence-corrected chi connectivity index (χ4v) is 2.93. The molecule has 1 aromatic rings. The van der Waals surface area contributed by atoms with E-state index >= 15 is 0 Å². The summed E-state index contributed by atoms with van der Waals surface area (Å²) in [4.78, 5) is 0. The van der Waals surface area contributed by atoms with E-state index in [1.54, 1.807) is 0 Å². The Morgan fingerprint density at radius 3 is 2.30 bits per heavy atom. The van der Waals surface area contributed by atoms with Crippen LogP contribution in [0.5, 0.6) is 11.5 Å². The van der Waals surface area contributed by atoms with Crippen molar-refractivity contribution in [1.82, 2.24) is 5.32 Å². The molecule has 1 heterocycles. The Kier molecular flexibility index (Phi) is 4.28. The number of ether oxygens (including phenoxy) is 2. The maximum Gasteiger partial charge on any atom is 0.161 e. The third-order valence-electron chi connectivity index (χ3n) is 3.35. The molecule has 0 radical (unpaired) electrons. The molecule has 20 heavy (non-hydrogen) atoms. The standard InChI is InChI=1S/C17H27NO2/c1-16(2,3)12-17(4,5)18-11-13-6-7-14-15(10-13)20-9-8-19-14/h6-7,10,18H,8-9,11-12H2,1-5H3. The van der Waals surface area contributed by atoms with Crippen molar-refractivity contribution in [2.75, 3.05) is 13.2 Å².